The van der Waals surface area contributed by atoms with Crippen LogP contribution in [-0.2, 0) is 0 Å². The lowest BCUT2D eigenvalue weighted by atomic mass is 9.91. The number of benzene rings is 2. The topological polar surface area (TPSA) is 79.4 Å². The molecule has 2 unspecified atom stereocenters. The number of hydrogen-bond acceptors (Lipinski definition) is 5. The first-order chi connectivity index (χ1) is 12.7. The maximum atomic E-state index is 11.2. The molecule has 0 N–H and O–H groups in total. The van der Waals surface area contributed by atoms with E-state index in [1.165, 1.54) is 6.07 Å². The Kier molecular flexibility index (Phi) is 5.37. The van der Waals surface area contributed by atoms with Crippen molar-refractivity contribution in [2.45, 2.75) is 31.7 Å². The van der Waals surface area contributed by atoms with Crippen LogP contribution in [0.1, 0.15) is 31.2 Å². The van der Waals surface area contributed by atoms with Crippen LogP contribution in [0.2, 0.25) is 0 Å². The van der Waals surface area contributed by atoms with E-state index in [4.69, 9.17) is 4.74 Å². The van der Waals surface area contributed by atoms with Gasteiger partial charge in [0.05, 0.1) is 23.5 Å². The largest absolute Gasteiger partial charge is 0.487 e. The van der Waals surface area contributed by atoms with Gasteiger partial charge in [0.25, 0.3) is 0 Å². The number of nitriles is 1. The average Bonchev–Trinajstić information content (AvgIpc) is 3.13. The van der Waals surface area contributed by atoms with Gasteiger partial charge in [-0.1, -0.05) is 30.3 Å². The van der Waals surface area contributed by atoms with Crippen molar-refractivity contribution in [3.8, 4) is 11.8 Å². The smallest absolute Gasteiger partial charge is 0.311 e. The first kappa shape index (κ1) is 17.7. The van der Waals surface area contributed by atoms with Gasteiger partial charge in [-0.15, -0.1) is 0 Å². The van der Waals surface area contributed by atoms with Gasteiger partial charge in [-0.25, -0.2) is 0 Å². The summed E-state index contributed by atoms with van der Waals surface area (Å²) < 4.78 is 5.47. The average molecular weight is 351 g/mol. The van der Waals surface area contributed by atoms with E-state index in [1.54, 1.807) is 19.1 Å². The molecule has 0 saturated carbocycles. The summed E-state index contributed by atoms with van der Waals surface area (Å²) in [5.74, 6) is 0.0262. The molecule has 0 spiro atoms. The highest BCUT2D eigenvalue weighted by Crippen LogP contribution is 2.38. The Morgan fingerprint density at radius 1 is 1.35 bits per heavy atom. The van der Waals surface area contributed by atoms with Crippen LogP contribution in [0.3, 0.4) is 0 Å². The number of hydrogen-bond donors (Lipinski definition) is 0. The van der Waals surface area contributed by atoms with Crippen LogP contribution in [0.25, 0.3) is 0 Å². The molecule has 2 atom stereocenters. The summed E-state index contributed by atoms with van der Waals surface area (Å²) in [6.45, 7) is 2.98. The molecule has 26 heavy (non-hydrogen) atoms. The van der Waals surface area contributed by atoms with Gasteiger partial charge in [0.2, 0.25) is 0 Å². The molecule has 2 aromatic carbocycles. The molecule has 0 aliphatic carbocycles. The van der Waals surface area contributed by atoms with E-state index in [-0.39, 0.29) is 23.4 Å². The predicted molar refractivity (Wildman–Crippen MR) is 99.4 cm³/mol. The molecule has 6 heteroatoms. The maximum absolute atomic E-state index is 11.2. The Bertz CT molecular complexity index is 817. The molecule has 2 aromatic rings. The summed E-state index contributed by atoms with van der Waals surface area (Å²) in [5.41, 5.74) is 1.82. The third kappa shape index (κ3) is 3.47. The number of anilines is 1. The van der Waals surface area contributed by atoms with Gasteiger partial charge in [0.1, 0.15) is 0 Å². The summed E-state index contributed by atoms with van der Waals surface area (Å²) in [5, 5.41) is 21.0. The van der Waals surface area contributed by atoms with Crippen LogP contribution >= 0.6 is 0 Å². The fraction of sp³-hybridized carbons (Fsp3) is 0.350. The van der Waals surface area contributed by atoms with E-state index in [9.17, 15) is 15.4 Å². The Morgan fingerprint density at radius 3 is 2.77 bits per heavy atom. The van der Waals surface area contributed by atoms with Crippen LogP contribution in [0.5, 0.6) is 5.75 Å². The van der Waals surface area contributed by atoms with Crippen molar-refractivity contribution in [1.82, 2.24) is 0 Å². The molecule has 0 radical (unpaired) electrons. The summed E-state index contributed by atoms with van der Waals surface area (Å²) in [6, 6.07) is 17.2. The number of rotatable bonds is 6. The Balaban J connectivity index is 1.94. The molecule has 0 bridgehead atoms. The Labute approximate surface area is 152 Å². The van der Waals surface area contributed by atoms with Crippen LogP contribution in [-0.4, -0.2) is 24.1 Å². The molecule has 0 aromatic heterocycles. The minimum absolute atomic E-state index is 0.0359. The van der Waals surface area contributed by atoms with Gasteiger partial charge in [-0.3, -0.25) is 10.1 Å². The minimum Gasteiger partial charge on any atom is -0.487 e. The van der Waals surface area contributed by atoms with Gasteiger partial charge in [0.15, 0.2) is 5.75 Å². The van der Waals surface area contributed by atoms with Crippen LogP contribution in [0.15, 0.2) is 48.5 Å². The van der Waals surface area contributed by atoms with Crippen molar-refractivity contribution in [2.75, 3.05) is 18.1 Å². The molecule has 134 valence electrons. The van der Waals surface area contributed by atoms with E-state index >= 15 is 0 Å². The van der Waals surface area contributed by atoms with Gasteiger partial charge in [0, 0.05) is 30.4 Å². The standard InChI is InChI=1S/C20H21N3O3/c1-2-26-20-13-16(10-11-19(20)23(24)25)22-12-6-9-18(22)17(14-21)15-7-4-3-5-8-15/h3-5,7-8,10-11,13,17-18H,2,6,9,12H2,1H3. The van der Waals surface area contributed by atoms with Gasteiger partial charge < -0.3 is 9.64 Å². The first-order valence-electron chi connectivity index (χ1n) is 8.78. The highest BCUT2D eigenvalue weighted by atomic mass is 16.6. The molecule has 1 fully saturated rings. The fourth-order valence-corrected chi connectivity index (χ4v) is 3.61. The van der Waals surface area contributed by atoms with Gasteiger partial charge in [-0.05, 0) is 31.4 Å². The number of nitro groups is 1. The zero-order chi connectivity index (χ0) is 18.5. The molecule has 3 rings (SSSR count). The van der Waals surface area contributed by atoms with Crippen LogP contribution < -0.4 is 9.64 Å². The van der Waals surface area contributed by atoms with Crippen molar-refractivity contribution < 1.29 is 9.66 Å². The summed E-state index contributed by atoms with van der Waals surface area (Å²) in [7, 11) is 0. The predicted octanol–water partition coefficient (Wildman–Crippen LogP) is 4.27. The van der Waals surface area contributed by atoms with Gasteiger partial charge in [-0.2, -0.15) is 5.26 Å². The normalized spacial score (nSPS) is 17.5. The Morgan fingerprint density at radius 2 is 2.12 bits per heavy atom. The maximum Gasteiger partial charge on any atom is 0.311 e. The second-order valence-electron chi connectivity index (χ2n) is 6.26. The molecule has 1 aliphatic rings. The molecular formula is C20H21N3O3. The van der Waals surface area contributed by atoms with Crippen molar-refractivity contribution >= 4 is 11.4 Å². The SMILES string of the molecule is CCOc1cc(N2CCCC2C(C#N)c2ccccc2)ccc1[N+](=O)[O-]. The molecule has 6 nitrogen and oxygen atoms in total. The summed E-state index contributed by atoms with van der Waals surface area (Å²) >= 11 is 0. The fourth-order valence-electron chi connectivity index (χ4n) is 3.61. The third-order valence-electron chi connectivity index (χ3n) is 4.75. The minimum atomic E-state index is -0.432. The van der Waals surface area contributed by atoms with E-state index < -0.39 is 4.92 Å². The van der Waals surface area contributed by atoms with E-state index in [2.05, 4.69) is 11.0 Å². The van der Waals surface area contributed by atoms with Crippen LogP contribution in [0, 0.1) is 21.4 Å². The van der Waals surface area contributed by atoms with E-state index in [1.807, 2.05) is 30.3 Å². The lowest BCUT2D eigenvalue weighted by Gasteiger charge is -2.30. The number of ether oxygens (including phenoxy) is 1. The molecule has 1 aliphatic heterocycles. The highest BCUT2D eigenvalue weighted by Gasteiger charge is 2.33. The highest BCUT2D eigenvalue weighted by molar-refractivity contribution is 5.60. The zero-order valence-electron chi connectivity index (χ0n) is 14.7. The second kappa shape index (κ2) is 7.87. The molecule has 0 amide bonds. The number of nitrogens with zero attached hydrogens (tertiary/aromatic N) is 3. The lowest BCUT2D eigenvalue weighted by molar-refractivity contribution is -0.385. The summed E-state index contributed by atoms with van der Waals surface area (Å²) in [6.07, 6.45) is 1.89. The monoisotopic (exact) mass is 351 g/mol. The molecule has 1 heterocycles. The van der Waals surface area contributed by atoms with Crippen LogP contribution in [0.4, 0.5) is 11.4 Å². The first-order valence-corrected chi connectivity index (χ1v) is 8.78. The Hall–Kier alpha value is -3.07. The van der Waals surface area contributed by atoms with Crippen molar-refractivity contribution in [3.63, 3.8) is 0 Å². The quantitative estimate of drug-likeness (QED) is 0.573. The van der Waals surface area contributed by atoms with Crippen molar-refractivity contribution in [2.24, 2.45) is 0 Å². The summed E-state index contributed by atoms with van der Waals surface area (Å²) in [4.78, 5) is 12.9. The third-order valence-corrected chi connectivity index (χ3v) is 4.75. The second-order valence-corrected chi connectivity index (χ2v) is 6.26. The molecular weight excluding hydrogens is 330 g/mol. The lowest BCUT2D eigenvalue weighted by Crippen LogP contribution is -2.34. The van der Waals surface area contributed by atoms with Crippen molar-refractivity contribution in [1.29, 1.82) is 5.26 Å². The number of nitro benzene ring substituents is 1. The van der Waals surface area contributed by atoms with E-state index in [0.29, 0.717) is 6.61 Å². The van der Waals surface area contributed by atoms with E-state index in [0.717, 1.165) is 30.6 Å². The molecule has 1 saturated heterocycles. The van der Waals surface area contributed by atoms with Crippen molar-refractivity contribution in [3.05, 3.63) is 64.2 Å². The zero-order valence-corrected chi connectivity index (χ0v) is 14.7. The van der Waals surface area contributed by atoms with Gasteiger partial charge >= 0.3 is 5.69 Å².